The summed E-state index contributed by atoms with van der Waals surface area (Å²) in [6.07, 6.45) is 2.72. The second-order valence-electron chi connectivity index (χ2n) is 1.28. The molecule has 0 aromatic rings. The highest BCUT2D eigenvalue weighted by Crippen LogP contribution is 1.91. The predicted molar refractivity (Wildman–Crippen MR) is 27.3 cm³/mol. The van der Waals surface area contributed by atoms with Crippen LogP contribution in [0.15, 0.2) is 6.05 Å². The monoisotopic (exact) mass is 83.1 g/mol. The van der Waals surface area contributed by atoms with E-state index in [1.165, 1.54) is 0 Å². The summed E-state index contributed by atoms with van der Waals surface area (Å²) in [6.45, 7) is 8.72. The quantitative estimate of drug-likeness (QED) is 0.490. The van der Waals surface area contributed by atoms with Gasteiger partial charge in [0.25, 0.3) is 0 Å². The van der Waals surface area contributed by atoms with E-state index in [2.05, 4.69) is 6.92 Å². The molecule has 0 aliphatic rings. The molecule has 0 aromatic heterocycles. The van der Waals surface area contributed by atoms with Gasteiger partial charge < -0.3 is 0 Å². The Morgan fingerprint density at radius 3 is 2.83 bits per heavy atom. The van der Waals surface area contributed by atoms with Crippen molar-refractivity contribution in [2.45, 2.75) is 26.2 Å². The molecule has 0 aromatic carbocycles. The lowest BCUT2D eigenvalue weighted by atomic mass is 10.3. The van der Waals surface area contributed by atoms with Crippen LogP contribution in [0.2, 0.25) is 0 Å². The molecule has 0 nitrogen and oxygen atoms in total. The number of hydrogen-bond acceptors (Lipinski definition) is 0. The van der Waals surface area contributed by atoms with Crippen LogP contribution >= 0.6 is 0 Å². The summed E-state index contributed by atoms with van der Waals surface area (Å²) in [6, 6.07) is 0.0573. The smallest absolute Gasteiger partial charge is 0.0583 e. The van der Waals surface area contributed by atoms with Gasteiger partial charge in [-0.2, -0.15) is 0 Å². The van der Waals surface area contributed by atoms with Gasteiger partial charge in [-0.3, -0.25) is 0 Å². The van der Waals surface area contributed by atoms with Crippen LogP contribution in [0.1, 0.15) is 27.6 Å². The molecule has 0 fully saturated rings. The molecule has 0 N–H and O–H groups in total. The van der Waals surface area contributed by atoms with Crippen LogP contribution < -0.4 is 0 Å². The summed E-state index contributed by atoms with van der Waals surface area (Å²) in [5, 5.41) is 0. The number of hydrogen-bond donors (Lipinski definition) is 0. The Hall–Kier alpha value is -0.260. The topological polar surface area (TPSA) is 0 Å². The largest absolute Gasteiger partial charge is 0.0760 e. The molecule has 0 saturated heterocycles. The molecule has 0 rings (SSSR count). The van der Waals surface area contributed by atoms with Gasteiger partial charge in [-0.15, -0.1) is 0 Å². The summed E-state index contributed by atoms with van der Waals surface area (Å²) in [7, 11) is 0. The fraction of sp³-hybridized carbons (Fsp3) is 0.667. The first kappa shape index (κ1) is 3.91. The summed E-state index contributed by atoms with van der Waals surface area (Å²) in [4.78, 5) is 0. The van der Waals surface area contributed by atoms with Gasteiger partial charge in [0.2, 0.25) is 0 Å². The van der Waals surface area contributed by atoms with E-state index in [9.17, 15) is 0 Å². The zero-order chi connectivity index (χ0) is 5.70. The molecular weight excluding hydrogens is 72.1 g/mol. The second-order valence-corrected chi connectivity index (χ2v) is 1.28. The first-order valence-electron chi connectivity index (χ1n) is 2.81. The Balaban J connectivity index is 2.82. The highest BCUT2D eigenvalue weighted by molar-refractivity contribution is 4.59. The maximum atomic E-state index is 6.66. The highest BCUT2D eigenvalue weighted by Gasteiger charge is 1.71. The number of rotatable bonds is 3. The van der Waals surface area contributed by atoms with Crippen molar-refractivity contribution >= 4 is 0 Å². The van der Waals surface area contributed by atoms with Crippen molar-refractivity contribution in [1.82, 2.24) is 0 Å². The maximum absolute atomic E-state index is 6.66. The van der Waals surface area contributed by atoms with Crippen molar-refractivity contribution in [3.63, 3.8) is 0 Å². The van der Waals surface area contributed by atoms with E-state index in [-0.39, 0.29) is 6.05 Å². The third-order valence-corrected chi connectivity index (χ3v) is 0.655. The molecule has 0 aliphatic heterocycles. The highest BCUT2D eigenvalue weighted by atomic mass is 13.8. The standard InChI is InChI=1S/C6H10/c1-3-5-6-4-2/h4H,3,5-6H2,1H3/i4D. The molecule has 0 spiro atoms. The summed E-state index contributed by atoms with van der Waals surface area (Å²) >= 11 is 0. The zero-order valence-corrected chi connectivity index (χ0v) is 4.12. The van der Waals surface area contributed by atoms with Gasteiger partial charge in [0.05, 0.1) is 1.37 Å². The normalized spacial score (nSPS) is 10.5. The summed E-state index contributed by atoms with van der Waals surface area (Å²) < 4.78 is 6.66. The van der Waals surface area contributed by atoms with Gasteiger partial charge in [-0.25, -0.2) is 0 Å². The van der Waals surface area contributed by atoms with Gasteiger partial charge in [0.15, 0.2) is 0 Å². The van der Waals surface area contributed by atoms with Crippen LogP contribution in [-0.2, 0) is 0 Å². The van der Waals surface area contributed by atoms with E-state index in [1.807, 2.05) is 0 Å². The van der Waals surface area contributed by atoms with E-state index < -0.39 is 0 Å². The molecular formula is C6H10. The summed E-state index contributed by atoms with van der Waals surface area (Å²) in [5.41, 5.74) is 0. The average Bonchev–Trinajstić information content (AvgIpc) is 1.61. The average molecular weight is 83.2 g/mol. The summed E-state index contributed by atoms with van der Waals surface area (Å²) in [5.74, 6) is 0. The lowest BCUT2D eigenvalue weighted by Gasteiger charge is -1.81. The minimum atomic E-state index is 0.0573. The minimum absolute atomic E-state index is 0.0573. The Labute approximate surface area is 41.3 Å². The zero-order valence-electron chi connectivity index (χ0n) is 5.12. The van der Waals surface area contributed by atoms with Crippen molar-refractivity contribution in [2.75, 3.05) is 0 Å². The Morgan fingerprint density at radius 2 is 2.67 bits per heavy atom. The van der Waals surface area contributed by atoms with Crippen molar-refractivity contribution in [3.05, 3.63) is 12.6 Å². The van der Waals surface area contributed by atoms with Gasteiger partial charge in [-0.05, 0) is 13.0 Å². The van der Waals surface area contributed by atoms with Crippen LogP contribution in [0, 0.1) is 6.58 Å². The first-order chi connectivity index (χ1) is 3.27. The molecule has 0 heterocycles. The fourth-order valence-electron chi connectivity index (χ4n) is 0.265. The van der Waals surface area contributed by atoms with Crippen molar-refractivity contribution in [2.24, 2.45) is 0 Å². The lowest BCUT2D eigenvalue weighted by molar-refractivity contribution is 0.815. The first-order valence-corrected chi connectivity index (χ1v) is 2.31. The second kappa shape index (κ2) is 4.74. The molecule has 2 radical (unpaired) electrons. The van der Waals surface area contributed by atoms with Crippen LogP contribution in [0.4, 0.5) is 0 Å². The molecule has 0 unspecified atom stereocenters. The van der Waals surface area contributed by atoms with Gasteiger partial charge in [0, 0.05) is 0 Å². The maximum Gasteiger partial charge on any atom is 0.0583 e. The SMILES string of the molecule is [2H]C(=[C])CCCC. The van der Waals surface area contributed by atoms with E-state index in [4.69, 9.17) is 7.95 Å². The molecule has 0 bridgehead atoms. The van der Waals surface area contributed by atoms with Crippen molar-refractivity contribution < 1.29 is 1.37 Å². The molecule has 0 heteroatoms. The van der Waals surface area contributed by atoms with Gasteiger partial charge >= 0.3 is 0 Å². The van der Waals surface area contributed by atoms with E-state index in [0.717, 1.165) is 12.8 Å². The third kappa shape index (κ3) is 3.74. The van der Waals surface area contributed by atoms with Gasteiger partial charge in [-0.1, -0.05) is 25.8 Å². The predicted octanol–water partition coefficient (Wildman–Crippen LogP) is 2.04. The minimum Gasteiger partial charge on any atom is -0.0760 e. The van der Waals surface area contributed by atoms with Crippen LogP contribution in [0.25, 0.3) is 0 Å². The fourth-order valence-corrected chi connectivity index (χ4v) is 0.265. The molecule has 0 amide bonds. The third-order valence-electron chi connectivity index (χ3n) is 0.655. The van der Waals surface area contributed by atoms with E-state index in [0.29, 0.717) is 6.42 Å². The van der Waals surface area contributed by atoms with E-state index in [1.54, 1.807) is 0 Å². The molecule has 6 heavy (non-hydrogen) atoms. The molecule has 0 atom stereocenters. The van der Waals surface area contributed by atoms with Gasteiger partial charge in [0.1, 0.15) is 0 Å². The molecule has 0 saturated carbocycles. The Morgan fingerprint density at radius 1 is 2.00 bits per heavy atom. The van der Waals surface area contributed by atoms with Crippen LogP contribution in [0.3, 0.4) is 0 Å². The van der Waals surface area contributed by atoms with Crippen LogP contribution in [0.5, 0.6) is 0 Å². The van der Waals surface area contributed by atoms with Crippen molar-refractivity contribution in [3.8, 4) is 0 Å². The Kier molecular flexibility index (Phi) is 3.09. The molecule has 0 aliphatic carbocycles. The molecule has 34 valence electrons. The number of unbranched alkanes of at least 4 members (excludes halogenated alkanes) is 1. The van der Waals surface area contributed by atoms with Crippen LogP contribution in [-0.4, -0.2) is 0 Å². The Bertz CT molecular complexity index is 57.2. The van der Waals surface area contributed by atoms with E-state index >= 15 is 0 Å². The number of allylic oxidation sites excluding steroid dienone is 1. The van der Waals surface area contributed by atoms with Crippen molar-refractivity contribution in [1.29, 1.82) is 0 Å². The lowest BCUT2D eigenvalue weighted by Crippen LogP contribution is -1.62.